The molecule has 232 valence electrons. The number of rotatable bonds is 9. The van der Waals surface area contributed by atoms with E-state index in [0.717, 1.165) is 36.7 Å². The Morgan fingerprint density at radius 2 is 1.76 bits per heavy atom. The Balaban J connectivity index is 1.91. The molecule has 0 bridgehead atoms. The number of nitrogens with zero attached hydrogens (tertiary/aromatic N) is 4. The Labute approximate surface area is 240 Å². The van der Waals surface area contributed by atoms with Gasteiger partial charge in [-0.3, -0.25) is 9.36 Å². The topological polar surface area (TPSA) is 105 Å². The van der Waals surface area contributed by atoms with Crippen molar-refractivity contribution in [2.24, 2.45) is 11.3 Å². The van der Waals surface area contributed by atoms with Crippen molar-refractivity contribution < 1.29 is 44.3 Å². The first-order valence-corrected chi connectivity index (χ1v) is 15.1. The molecule has 1 fully saturated rings. The predicted octanol–water partition coefficient (Wildman–Crippen LogP) is 5.84. The van der Waals surface area contributed by atoms with Gasteiger partial charge in [0.2, 0.25) is 5.82 Å². The fraction of sp³-hybridized carbons (Fsp3) is 0.593. The van der Waals surface area contributed by atoms with Crippen LogP contribution in [0.2, 0.25) is 0 Å². The van der Waals surface area contributed by atoms with Crippen molar-refractivity contribution in [3.05, 3.63) is 41.5 Å². The number of halogens is 6. The molecular weight excluding hydrogens is 590 g/mol. The SMILES string of the molecule is CCN(CC1CCC(S(C)(=O)=O)CC1)C(=O)c1cn(-c2ccc(CC(C)(C)C(F)(F)F)cc2OC(F)(F)F)c(C#N)n1. The molecule has 0 radical (unpaired) electrons. The third kappa shape index (κ3) is 7.96. The van der Waals surface area contributed by atoms with Gasteiger partial charge in [0.25, 0.3) is 5.91 Å². The van der Waals surface area contributed by atoms with Crippen LogP contribution < -0.4 is 4.74 Å². The zero-order valence-corrected chi connectivity index (χ0v) is 24.3. The monoisotopic (exact) mass is 622 g/mol. The van der Waals surface area contributed by atoms with Crippen LogP contribution in [0.15, 0.2) is 24.4 Å². The van der Waals surface area contributed by atoms with Gasteiger partial charge in [-0.2, -0.15) is 18.4 Å². The molecule has 8 nitrogen and oxygen atoms in total. The zero-order chi connectivity index (χ0) is 31.7. The van der Waals surface area contributed by atoms with Crippen LogP contribution in [-0.2, 0) is 16.3 Å². The highest BCUT2D eigenvalue weighted by molar-refractivity contribution is 7.91. The molecule has 1 saturated carbocycles. The summed E-state index contributed by atoms with van der Waals surface area (Å²) in [5, 5.41) is 9.22. The van der Waals surface area contributed by atoms with Gasteiger partial charge in [-0.05, 0) is 62.6 Å². The Morgan fingerprint density at radius 1 is 1.14 bits per heavy atom. The standard InChI is InChI=1S/C27H32F6N4O4S/c1-5-36(15-17-6-9-19(10-7-17)42(4,39)40)24(38)20-16-37(23(14-34)35-20)21-11-8-18(12-22(21)41-27(31,32)33)13-25(2,3)26(28,29)30/h8,11-12,16-17,19H,5-7,9-10,13,15H2,1-4H3. The van der Waals surface area contributed by atoms with E-state index in [0.29, 0.717) is 32.2 Å². The number of carbonyl (C=O) groups is 1. The maximum Gasteiger partial charge on any atom is 0.573 e. The number of nitriles is 1. The van der Waals surface area contributed by atoms with E-state index in [9.17, 15) is 44.8 Å². The Hall–Kier alpha value is -3.28. The van der Waals surface area contributed by atoms with E-state index >= 15 is 0 Å². The van der Waals surface area contributed by atoms with Crippen molar-refractivity contribution in [3.8, 4) is 17.5 Å². The van der Waals surface area contributed by atoms with Crippen LogP contribution in [0.25, 0.3) is 5.69 Å². The van der Waals surface area contributed by atoms with E-state index in [2.05, 4.69) is 9.72 Å². The molecule has 0 saturated heterocycles. The van der Waals surface area contributed by atoms with Crippen LogP contribution in [0.3, 0.4) is 0 Å². The smallest absolute Gasteiger partial charge is 0.404 e. The van der Waals surface area contributed by atoms with Crippen LogP contribution in [0.4, 0.5) is 26.3 Å². The van der Waals surface area contributed by atoms with Crippen molar-refractivity contribution in [1.29, 1.82) is 5.26 Å². The minimum atomic E-state index is -5.20. The molecule has 0 aliphatic heterocycles. The van der Waals surface area contributed by atoms with Gasteiger partial charge in [0, 0.05) is 25.5 Å². The minimum Gasteiger partial charge on any atom is -0.404 e. The molecular formula is C27H32F6N4O4S. The van der Waals surface area contributed by atoms with E-state index in [-0.39, 0.29) is 29.4 Å². The molecule has 1 amide bonds. The zero-order valence-electron chi connectivity index (χ0n) is 23.5. The fourth-order valence-electron chi connectivity index (χ4n) is 5.00. The summed E-state index contributed by atoms with van der Waals surface area (Å²) in [6, 6.07) is 4.83. The van der Waals surface area contributed by atoms with Crippen LogP contribution in [0, 0.1) is 22.7 Å². The second-order valence-electron chi connectivity index (χ2n) is 11.2. The van der Waals surface area contributed by atoms with E-state index in [4.69, 9.17) is 0 Å². The van der Waals surface area contributed by atoms with Crippen molar-refractivity contribution in [1.82, 2.24) is 14.5 Å². The van der Waals surface area contributed by atoms with Gasteiger partial charge in [-0.1, -0.05) is 19.9 Å². The average molecular weight is 623 g/mol. The number of aromatic nitrogens is 2. The maximum absolute atomic E-state index is 13.4. The van der Waals surface area contributed by atoms with E-state index in [1.165, 1.54) is 17.2 Å². The summed E-state index contributed by atoms with van der Waals surface area (Å²) in [4.78, 5) is 18.8. The molecule has 1 aromatic carbocycles. The van der Waals surface area contributed by atoms with Crippen LogP contribution in [0.5, 0.6) is 5.75 Å². The van der Waals surface area contributed by atoms with Gasteiger partial charge in [0.05, 0.1) is 16.4 Å². The number of sulfone groups is 1. The number of hydrogen-bond acceptors (Lipinski definition) is 6. The molecule has 2 aromatic rings. The molecule has 0 unspecified atom stereocenters. The fourth-order valence-corrected chi connectivity index (χ4v) is 6.13. The summed E-state index contributed by atoms with van der Waals surface area (Å²) in [6.45, 7) is 4.12. The van der Waals surface area contributed by atoms with Gasteiger partial charge in [0.15, 0.2) is 5.75 Å². The quantitative estimate of drug-likeness (QED) is 0.326. The van der Waals surface area contributed by atoms with Gasteiger partial charge in [-0.15, -0.1) is 13.2 Å². The molecule has 1 aliphatic carbocycles. The Morgan fingerprint density at radius 3 is 2.26 bits per heavy atom. The molecule has 15 heteroatoms. The normalized spacial score (nSPS) is 18.4. The first-order valence-electron chi connectivity index (χ1n) is 13.2. The summed E-state index contributed by atoms with van der Waals surface area (Å²) < 4.78 is 109. The first-order chi connectivity index (χ1) is 19.3. The third-order valence-electron chi connectivity index (χ3n) is 7.49. The lowest BCUT2D eigenvalue weighted by Crippen LogP contribution is -2.38. The number of amides is 1. The molecule has 0 N–H and O–H groups in total. The molecule has 0 spiro atoms. The molecule has 1 aromatic heterocycles. The number of carbonyl (C=O) groups excluding carboxylic acids is 1. The van der Waals surface area contributed by atoms with E-state index in [1.54, 1.807) is 13.0 Å². The van der Waals surface area contributed by atoms with Crippen LogP contribution >= 0.6 is 0 Å². The second-order valence-corrected chi connectivity index (χ2v) is 13.5. The summed E-state index contributed by atoms with van der Waals surface area (Å²) >= 11 is 0. The number of ether oxygens (including phenoxy) is 1. The highest BCUT2D eigenvalue weighted by atomic mass is 32.2. The molecule has 0 atom stereocenters. The lowest BCUT2D eigenvalue weighted by molar-refractivity contribution is -0.274. The summed E-state index contributed by atoms with van der Waals surface area (Å²) in [6.07, 6.45) is -6.05. The largest absolute Gasteiger partial charge is 0.573 e. The number of alkyl halides is 6. The summed E-state index contributed by atoms with van der Waals surface area (Å²) in [7, 11) is -3.16. The van der Waals surface area contributed by atoms with E-state index in [1.807, 2.05) is 0 Å². The average Bonchev–Trinajstić information content (AvgIpc) is 3.29. The second kappa shape index (κ2) is 12.1. The highest BCUT2D eigenvalue weighted by Gasteiger charge is 2.47. The molecule has 1 heterocycles. The highest BCUT2D eigenvalue weighted by Crippen LogP contribution is 2.41. The van der Waals surface area contributed by atoms with Crippen molar-refractivity contribution in [2.75, 3.05) is 19.3 Å². The molecule has 42 heavy (non-hydrogen) atoms. The number of hydrogen-bond donors (Lipinski definition) is 0. The van der Waals surface area contributed by atoms with Gasteiger partial charge in [0.1, 0.15) is 21.6 Å². The van der Waals surface area contributed by atoms with Gasteiger partial charge >= 0.3 is 12.5 Å². The lowest BCUT2D eigenvalue weighted by atomic mass is 9.85. The Bertz CT molecular complexity index is 1440. The van der Waals surface area contributed by atoms with Crippen LogP contribution in [0.1, 0.15) is 68.3 Å². The number of imidazole rings is 1. The first kappa shape index (κ1) is 33.2. The van der Waals surface area contributed by atoms with E-state index < -0.39 is 56.9 Å². The number of benzene rings is 1. The molecule has 1 aliphatic rings. The van der Waals surface area contributed by atoms with Crippen molar-refractivity contribution >= 4 is 15.7 Å². The minimum absolute atomic E-state index is 0.0321. The lowest BCUT2D eigenvalue weighted by Gasteiger charge is -2.31. The van der Waals surface area contributed by atoms with Crippen molar-refractivity contribution in [3.63, 3.8) is 0 Å². The van der Waals surface area contributed by atoms with Gasteiger partial charge < -0.3 is 9.64 Å². The molecule has 3 rings (SSSR count). The maximum atomic E-state index is 13.4. The third-order valence-corrected chi connectivity index (χ3v) is 9.18. The summed E-state index contributed by atoms with van der Waals surface area (Å²) in [5.41, 5.74) is -2.90. The van der Waals surface area contributed by atoms with Crippen molar-refractivity contribution in [2.45, 2.75) is 70.7 Å². The predicted molar refractivity (Wildman–Crippen MR) is 141 cm³/mol. The Kier molecular flexibility index (Phi) is 9.61. The van der Waals surface area contributed by atoms with Gasteiger partial charge in [-0.25, -0.2) is 13.4 Å². The van der Waals surface area contributed by atoms with Crippen LogP contribution in [-0.4, -0.2) is 65.9 Å². The summed E-state index contributed by atoms with van der Waals surface area (Å²) in [5.74, 6) is -1.84.